The SMILES string of the molecule is CCc1ccc(C(=O)N2CCN(c3nc(CC)nc4sc(C)c(C)c34)CC2)cc1. The molecule has 0 unspecified atom stereocenters. The first-order chi connectivity index (χ1) is 14.0. The molecule has 5 nitrogen and oxygen atoms in total. The molecule has 1 amide bonds. The van der Waals surface area contributed by atoms with Gasteiger partial charge in [-0.15, -0.1) is 11.3 Å². The third-order valence-corrected chi connectivity index (χ3v) is 6.95. The van der Waals surface area contributed by atoms with E-state index in [1.54, 1.807) is 11.3 Å². The zero-order valence-electron chi connectivity index (χ0n) is 17.7. The molecule has 0 bridgehead atoms. The quantitative estimate of drug-likeness (QED) is 0.642. The topological polar surface area (TPSA) is 49.3 Å². The maximum Gasteiger partial charge on any atom is 0.253 e. The minimum Gasteiger partial charge on any atom is -0.352 e. The molecule has 0 spiro atoms. The molecular weight excluding hydrogens is 380 g/mol. The predicted molar refractivity (Wildman–Crippen MR) is 120 cm³/mol. The number of amides is 1. The third kappa shape index (κ3) is 3.73. The van der Waals surface area contributed by atoms with E-state index >= 15 is 0 Å². The highest BCUT2D eigenvalue weighted by Crippen LogP contribution is 2.35. The average Bonchev–Trinajstić information content (AvgIpc) is 3.06. The summed E-state index contributed by atoms with van der Waals surface area (Å²) in [5.41, 5.74) is 3.31. The van der Waals surface area contributed by atoms with Crippen LogP contribution in [-0.2, 0) is 12.8 Å². The molecule has 4 rings (SSSR count). The van der Waals surface area contributed by atoms with Gasteiger partial charge in [0, 0.05) is 43.0 Å². The molecule has 152 valence electrons. The summed E-state index contributed by atoms with van der Waals surface area (Å²) in [4.78, 5) is 29.2. The van der Waals surface area contributed by atoms with Gasteiger partial charge in [0.15, 0.2) is 0 Å². The van der Waals surface area contributed by atoms with Crippen molar-refractivity contribution in [1.29, 1.82) is 0 Å². The van der Waals surface area contributed by atoms with Crippen LogP contribution >= 0.6 is 11.3 Å². The fraction of sp³-hybridized carbons (Fsp3) is 0.435. The highest BCUT2D eigenvalue weighted by molar-refractivity contribution is 7.18. The van der Waals surface area contributed by atoms with Crippen LogP contribution in [0.15, 0.2) is 24.3 Å². The van der Waals surface area contributed by atoms with E-state index in [0.717, 1.165) is 48.0 Å². The summed E-state index contributed by atoms with van der Waals surface area (Å²) in [7, 11) is 0. The summed E-state index contributed by atoms with van der Waals surface area (Å²) in [5, 5.41) is 1.18. The summed E-state index contributed by atoms with van der Waals surface area (Å²) in [6.07, 6.45) is 1.81. The van der Waals surface area contributed by atoms with Gasteiger partial charge in [-0.25, -0.2) is 9.97 Å². The van der Waals surface area contributed by atoms with Crippen molar-refractivity contribution in [3.05, 3.63) is 51.7 Å². The second-order valence-electron chi connectivity index (χ2n) is 7.61. The molecule has 29 heavy (non-hydrogen) atoms. The lowest BCUT2D eigenvalue weighted by Gasteiger charge is -2.36. The first-order valence-corrected chi connectivity index (χ1v) is 11.2. The van der Waals surface area contributed by atoms with Gasteiger partial charge in [-0.3, -0.25) is 4.79 Å². The van der Waals surface area contributed by atoms with Crippen LogP contribution in [0, 0.1) is 13.8 Å². The Morgan fingerprint density at radius 3 is 2.31 bits per heavy atom. The van der Waals surface area contributed by atoms with Crippen molar-refractivity contribution in [2.45, 2.75) is 40.5 Å². The number of thiophene rings is 1. The van der Waals surface area contributed by atoms with E-state index in [-0.39, 0.29) is 5.91 Å². The normalized spacial score (nSPS) is 14.6. The van der Waals surface area contributed by atoms with Crippen LogP contribution in [0.5, 0.6) is 0 Å². The van der Waals surface area contributed by atoms with E-state index in [1.807, 2.05) is 17.0 Å². The van der Waals surface area contributed by atoms with Crippen LogP contribution in [0.2, 0.25) is 0 Å². The van der Waals surface area contributed by atoms with Crippen molar-refractivity contribution in [2.24, 2.45) is 0 Å². The molecule has 1 aromatic carbocycles. The summed E-state index contributed by atoms with van der Waals surface area (Å²) >= 11 is 1.75. The Morgan fingerprint density at radius 1 is 1.00 bits per heavy atom. The Labute approximate surface area is 176 Å². The lowest BCUT2D eigenvalue weighted by atomic mass is 10.1. The number of rotatable bonds is 4. The summed E-state index contributed by atoms with van der Waals surface area (Å²) in [5.74, 6) is 2.05. The van der Waals surface area contributed by atoms with Gasteiger partial charge in [0.25, 0.3) is 5.91 Å². The van der Waals surface area contributed by atoms with E-state index in [2.05, 4.69) is 44.7 Å². The van der Waals surface area contributed by atoms with E-state index in [4.69, 9.17) is 9.97 Å². The highest BCUT2D eigenvalue weighted by atomic mass is 32.1. The number of aryl methyl sites for hydroxylation is 4. The van der Waals surface area contributed by atoms with Gasteiger partial charge < -0.3 is 9.80 Å². The van der Waals surface area contributed by atoms with Crippen LogP contribution < -0.4 is 4.90 Å². The molecule has 3 aromatic rings. The predicted octanol–water partition coefficient (Wildman–Crippen LogP) is 4.40. The van der Waals surface area contributed by atoms with Crippen LogP contribution in [0.25, 0.3) is 10.2 Å². The van der Waals surface area contributed by atoms with Gasteiger partial charge in [-0.05, 0) is 43.5 Å². The van der Waals surface area contributed by atoms with Gasteiger partial charge in [0.1, 0.15) is 16.5 Å². The van der Waals surface area contributed by atoms with Crippen molar-refractivity contribution in [3.8, 4) is 0 Å². The monoisotopic (exact) mass is 408 g/mol. The Hall–Kier alpha value is -2.47. The number of aromatic nitrogens is 2. The Morgan fingerprint density at radius 2 is 1.69 bits per heavy atom. The van der Waals surface area contributed by atoms with Gasteiger partial charge >= 0.3 is 0 Å². The van der Waals surface area contributed by atoms with E-state index in [9.17, 15) is 4.79 Å². The second kappa shape index (κ2) is 8.11. The average molecular weight is 409 g/mol. The number of hydrogen-bond acceptors (Lipinski definition) is 5. The van der Waals surface area contributed by atoms with Gasteiger partial charge in [0.2, 0.25) is 0 Å². The van der Waals surface area contributed by atoms with Crippen LogP contribution in [-0.4, -0.2) is 47.0 Å². The molecular formula is C23H28N4OS. The van der Waals surface area contributed by atoms with E-state index in [1.165, 1.54) is 21.4 Å². The van der Waals surface area contributed by atoms with Crippen molar-refractivity contribution >= 4 is 33.3 Å². The fourth-order valence-electron chi connectivity index (χ4n) is 3.85. The number of anilines is 1. The summed E-state index contributed by atoms with van der Waals surface area (Å²) in [6.45, 7) is 11.5. The van der Waals surface area contributed by atoms with E-state index in [0.29, 0.717) is 13.1 Å². The maximum absolute atomic E-state index is 12.9. The second-order valence-corrected chi connectivity index (χ2v) is 8.81. The van der Waals surface area contributed by atoms with Crippen LogP contribution in [0.4, 0.5) is 5.82 Å². The zero-order chi connectivity index (χ0) is 20.5. The fourth-order valence-corrected chi connectivity index (χ4v) is 4.89. The third-order valence-electron chi connectivity index (χ3n) is 5.85. The van der Waals surface area contributed by atoms with Crippen molar-refractivity contribution in [1.82, 2.24) is 14.9 Å². The number of benzene rings is 1. The maximum atomic E-state index is 12.9. The molecule has 1 aliphatic heterocycles. The smallest absolute Gasteiger partial charge is 0.253 e. The van der Waals surface area contributed by atoms with Gasteiger partial charge in [0.05, 0.1) is 5.39 Å². The molecule has 0 saturated carbocycles. The Bertz CT molecular complexity index is 1030. The number of carbonyl (C=O) groups excluding carboxylic acids is 1. The molecule has 1 saturated heterocycles. The largest absolute Gasteiger partial charge is 0.352 e. The molecule has 3 heterocycles. The zero-order valence-corrected chi connectivity index (χ0v) is 18.5. The number of fused-ring (bicyclic) bond motifs is 1. The number of piperazine rings is 1. The number of hydrogen-bond donors (Lipinski definition) is 0. The molecule has 1 fully saturated rings. The highest BCUT2D eigenvalue weighted by Gasteiger charge is 2.25. The lowest BCUT2D eigenvalue weighted by molar-refractivity contribution is 0.0746. The first-order valence-electron chi connectivity index (χ1n) is 10.4. The summed E-state index contributed by atoms with van der Waals surface area (Å²) < 4.78 is 0. The molecule has 6 heteroatoms. The van der Waals surface area contributed by atoms with Crippen LogP contribution in [0.1, 0.15) is 46.0 Å². The minimum atomic E-state index is 0.122. The summed E-state index contributed by atoms with van der Waals surface area (Å²) in [6, 6.07) is 8.00. The van der Waals surface area contributed by atoms with Gasteiger partial charge in [-0.1, -0.05) is 26.0 Å². The standard InChI is InChI=1S/C23H28N4OS/c1-5-17-7-9-18(10-8-17)23(28)27-13-11-26(12-14-27)21-20-15(3)16(4)29-22(20)25-19(6-2)24-21/h7-10H,5-6,11-14H2,1-4H3. The van der Waals surface area contributed by atoms with Crippen molar-refractivity contribution in [3.63, 3.8) is 0 Å². The van der Waals surface area contributed by atoms with Gasteiger partial charge in [-0.2, -0.15) is 0 Å². The van der Waals surface area contributed by atoms with Crippen molar-refractivity contribution in [2.75, 3.05) is 31.1 Å². The Kier molecular flexibility index (Phi) is 5.54. The number of nitrogens with zero attached hydrogens (tertiary/aromatic N) is 4. The molecule has 0 N–H and O–H groups in total. The number of carbonyl (C=O) groups is 1. The minimum absolute atomic E-state index is 0.122. The lowest BCUT2D eigenvalue weighted by Crippen LogP contribution is -2.49. The molecule has 2 aromatic heterocycles. The molecule has 0 aliphatic carbocycles. The molecule has 0 atom stereocenters. The first kappa shape index (κ1) is 19.8. The molecule has 1 aliphatic rings. The molecule has 0 radical (unpaired) electrons. The Balaban J connectivity index is 1.54. The van der Waals surface area contributed by atoms with Crippen molar-refractivity contribution < 1.29 is 4.79 Å². The van der Waals surface area contributed by atoms with E-state index < -0.39 is 0 Å². The van der Waals surface area contributed by atoms with Crippen LogP contribution in [0.3, 0.4) is 0 Å².